The monoisotopic (exact) mass is 489 g/mol. The zero-order chi connectivity index (χ0) is 19.6. The first-order valence-electron chi connectivity index (χ1n) is 8.13. The second-order valence-corrected chi connectivity index (χ2v) is 7.74. The van der Waals surface area contributed by atoms with Crippen molar-refractivity contribution in [2.45, 2.75) is 13.8 Å². The fourth-order valence-corrected chi connectivity index (χ4v) is 3.97. The van der Waals surface area contributed by atoms with Crippen molar-refractivity contribution in [3.05, 3.63) is 80.0 Å². The average Bonchev–Trinajstić information content (AvgIpc) is 2.98. The van der Waals surface area contributed by atoms with Crippen LogP contribution in [0.25, 0.3) is 5.69 Å². The molecule has 0 saturated heterocycles. The third-order valence-electron chi connectivity index (χ3n) is 4.06. The Labute approximate surface area is 174 Å². The quantitative estimate of drug-likeness (QED) is 0.395. The summed E-state index contributed by atoms with van der Waals surface area (Å²) in [7, 11) is 0. The number of carbonyl (C=O) groups excluding carboxylic acids is 1. The van der Waals surface area contributed by atoms with E-state index in [9.17, 15) is 9.90 Å². The Bertz CT molecular complexity index is 999. The van der Waals surface area contributed by atoms with Crippen molar-refractivity contribution in [2.75, 3.05) is 0 Å². The molecule has 0 aliphatic carbocycles. The van der Waals surface area contributed by atoms with Gasteiger partial charge in [-0.15, -0.1) is 0 Å². The van der Waals surface area contributed by atoms with Crippen LogP contribution in [0.1, 0.15) is 27.3 Å². The Hall–Kier alpha value is -2.38. The van der Waals surface area contributed by atoms with E-state index in [1.165, 1.54) is 6.21 Å². The average molecular weight is 491 g/mol. The second-order valence-electron chi connectivity index (χ2n) is 6.03. The van der Waals surface area contributed by atoms with Gasteiger partial charge in [-0.3, -0.25) is 4.79 Å². The molecule has 7 heteroatoms. The van der Waals surface area contributed by atoms with Gasteiger partial charge in [0.15, 0.2) is 0 Å². The molecule has 0 radical (unpaired) electrons. The van der Waals surface area contributed by atoms with Crippen LogP contribution >= 0.6 is 31.9 Å². The van der Waals surface area contributed by atoms with Crippen LogP contribution in [0.5, 0.6) is 5.75 Å². The topological polar surface area (TPSA) is 66.6 Å². The minimum Gasteiger partial charge on any atom is -0.506 e. The Morgan fingerprint density at radius 1 is 1.07 bits per heavy atom. The van der Waals surface area contributed by atoms with Crippen molar-refractivity contribution in [1.82, 2.24) is 9.99 Å². The summed E-state index contributed by atoms with van der Waals surface area (Å²) in [4.78, 5) is 12.4. The van der Waals surface area contributed by atoms with Gasteiger partial charge in [-0.25, -0.2) is 5.43 Å². The summed E-state index contributed by atoms with van der Waals surface area (Å²) in [5, 5.41) is 13.7. The number of phenolic OH excluding ortho intramolecular Hbond substituents is 1. The van der Waals surface area contributed by atoms with E-state index in [4.69, 9.17) is 0 Å². The molecule has 0 fully saturated rings. The standard InChI is InChI=1S/C20H17Br2N3O2/c1-12-6-7-13(2)25(12)16-5-3-4-15(10-16)20(27)24-23-11-14-8-17(21)19(26)18(22)9-14/h3-11,26H,1-2H3,(H,24,27)/b23-11-. The molecular formula is C20H17Br2N3O2. The van der Waals surface area contributed by atoms with Gasteiger partial charge in [0.1, 0.15) is 5.75 Å². The Morgan fingerprint density at radius 2 is 1.70 bits per heavy atom. The van der Waals surface area contributed by atoms with Crippen molar-refractivity contribution in [3.63, 3.8) is 0 Å². The smallest absolute Gasteiger partial charge is 0.271 e. The summed E-state index contributed by atoms with van der Waals surface area (Å²) in [6, 6.07) is 14.9. The van der Waals surface area contributed by atoms with Crippen molar-refractivity contribution in [3.8, 4) is 11.4 Å². The molecular weight excluding hydrogens is 474 g/mol. The molecule has 2 N–H and O–H groups in total. The van der Waals surface area contributed by atoms with E-state index < -0.39 is 0 Å². The van der Waals surface area contributed by atoms with Crippen LogP contribution in [0.4, 0.5) is 0 Å². The van der Waals surface area contributed by atoms with Gasteiger partial charge >= 0.3 is 0 Å². The van der Waals surface area contributed by atoms with Crippen molar-refractivity contribution >= 4 is 44.0 Å². The molecule has 27 heavy (non-hydrogen) atoms. The molecule has 138 valence electrons. The molecule has 0 saturated carbocycles. The SMILES string of the molecule is Cc1ccc(C)n1-c1cccc(C(=O)N/N=C\c2cc(Br)c(O)c(Br)c2)c1. The van der Waals surface area contributed by atoms with Crippen LogP contribution in [-0.4, -0.2) is 21.8 Å². The molecule has 0 unspecified atom stereocenters. The van der Waals surface area contributed by atoms with Gasteiger partial charge in [0, 0.05) is 22.6 Å². The number of hydrogen-bond donors (Lipinski definition) is 2. The maximum absolute atomic E-state index is 12.4. The van der Waals surface area contributed by atoms with Crippen LogP contribution in [0.2, 0.25) is 0 Å². The number of aromatic hydroxyl groups is 1. The number of nitrogens with zero attached hydrogens (tertiary/aromatic N) is 2. The molecule has 0 atom stereocenters. The van der Waals surface area contributed by atoms with Crippen LogP contribution in [0, 0.1) is 13.8 Å². The molecule has 1 heterocycles. The van der Waals surface area contributed by atoms with Gasteiger partial charge in [-0.1, -0.05) is 6.07 Å². The van der Waals surface area contributed by atoms with Crippen LogP contribution in [0.15, 0.2) is 62.6 Å². The molecule has 2 aromatic carbocycles. The third kappa shape index (κ3) is 4.31. The zero-order valence-electron chi connectivity index (χ0n) is 14.7. The van der Waals surface area contributed by atoms with Gasteiger partial charge in [0.25, 0.3) is 5.91 Å². The highest BCUT2D eigenvalue weighted by Crippen LogP contribution is 2.32. The van der Waals surface area contributed by atoms with Gasteiger partial charge in [0.2, 0.25) is 0 Å². The third-order valence-corrected chi connectivity index (χ3v) is 5.27. The number of aromatic nitrogens is 1. The molecule has 0 aliphatic heterocycles. The fourth-order valence-electron chi connectivity index (χ4n) is 2.75. The summed E-state index contributed by atoms with van der Waals surface area (Å²) in [6.07, 6.45) is 1.51. The van der Waals surface area contributed by atoms with Crippen LogP contribution in [0.3, 0.4) is 0 Å². The molecule has 1 aromatic heterocycles. The molecule has 0 bridgehead atoms. The predicted octanol–water partition coefficient (Wildman–Crippen LogP) is 5.09. The van der Waals surface area contributed by atoms with E-state index in [-0.39, 0.29) is 11.7 Å². The number of benzene rings is 2. The first kappa shape index (κ1) is 19.4. The fraction of sp³-hybridized carbons (Fsp3) is 0.100. The lowest BCUT2D eigenvalue weighted by Crippen LogP contribution is -2.18. The number of phenols is 1. The van der Waals surface area contributed by atoms with Crippen molar-refractivity contribution in [1.29, 1.82) is 0 Å². The van der Waals surface area contributed by atoms with E-state index in [0.717, 1.165) is 22.6 Å². The number of aryl methyl sites for hydroxylation is 2. The summed E-state index contributed by atoms with van der Waals surface area (Å²) in [6.45, 7) is 4.05. The highest BCUT2D eigenvalue weighted by Gasteiger charge is 2.09. The first-order chi connectivity index (χ1) is 12.9. The lowest BCUT2D eigenvalue weighted by Gasteiger charge is -2.10. The van der Waals surface area contributed by atoms with Crippen molar-refractivity contribution in [2.24, 2.45) is 5.10 Å². The maximum atomic E-state index is 12.4. The molecule has 3 aromatic rings. The largest absolute Gasteiger partial charge is 0.506 e. The number of hydrazone groups is 1. The minimum absolute atomic E-state index is 0.114. The molecule has 1 amide bonds. The number of nitrogens with one attached hydrogen (secondary N) is 1. The predicted molar refractivity (Wildman–Crippen MR) is 114 cm³/mol. The number of rotatable bonds is 4. The molecule has 5 nitrogen and oxygen atoms in total. The number of halogens is 2. The van der Waals surface area contributed by atoms with Gasteiger partial charge in [0.05, 0.1) is 15.2 Å². The molecule has 3 rings (SSSR count). The summed E-state index contributed by atoms with van der Waals surface area (Å²) in [5.74, 6) is -0.184. The lowest BCUT2D eigenvalue weighted by molar-refractivity contribution is 0.0955. The highest BCUT2D eigenvalue weighted by molar-refractivity contribution is 9.11. The first-order valence-corrected chi connectivity index (χ1v) is 9.72. The van der Waals surface area contributed by atoms with Gasteiger partial charge in [-0.05, 0) is 93.7 Å². The Kier molecular flexibility index (Phi) is 5.82. The summed E-state index contributed by atoms with van der Waals surface area (Å²) >= 11 is 6.52. The number of amides is 1. The van der Waals surface area contributed by atoms with E-state index in [2.05, 4.69) is 47.0 Å². The lowest BCUT2D eigenvalue weighted by atomic mass is 10.2. The summed E-state index contributed by atoms with van der Waals surface area (Å²) < 4.78 is 3.16. The van der Waals surface area contributed by atoms with E-state index in [1.54, 1.807) is 18.2 Å². The van der Waals surface area contributed by atoms with Gasteiger partial charge < -0.3 is 9.67 Å². The second kappa shape index (κ2) is 8.10. The molecule has 0 aliphatic rings. The van der Waals surface area contributed by atoms with E-state index in [0.29, 0.717) is 14.5 Å². The van der Waals surface area contributed by atoms with Crippen LogP contribution in [-0.2, 0) is 0 Å². The van der Waals surface area contributed by atoms with Crippen molar-refractivity contribution < 1.29 is 9.90 Å². The van der Waals surface area contributed by atoms with Gasteiger partial charge in [-0.2, -0.15) is 5.10 Å². The minimum atomic E-state index is -0.299. The van der Waals surface area contributed by atoms with E-state index in [1.807, 2.05) is 44.2 Å². The number of carbonyl (C=O) groups is 1. The highest BCUT2D eigenvalue weighted by atomic mass is 79.9. The normalized spacial score (nSPS) is 11.1. The Balaban J connectivity index is 1.76. The summed E-state index contributed by atoms with van der Waals surface area (Å²) in [5.41, 5.74) is 6.91. The zero-order valence-corrected chi connectivity index (χ0v) is 17.9. The Morgan fingerprint density at radius 3 is 2.33 bits per heavy atom. The van der Waals surface area contributed by atoms with E-state index >= 15 is 0 Å². The maximum Gasteiger partial charge on any atom is 0.271 e. The number of hydrogen-bond acceptors (Lipinski definition) is 3. The molecule has 0 spiro atoms. The van der Waals surface area contributed by atoms with Crippen LogP contribution < -0.4 is 5.43 Å².